The number of hydrogen-bond acceptors (Lipinski definition) is 3. The molecule has 2 aliphatic rings. The van der Waals surface area contributed by atoms with E-state index in [-0.39, 0.29) is 6.10 Å². The summed E-state index contributed by atoms with van der Waals surface area (Å²) in [5.41, 5.74) is 0.413. The van der Waals surface area contributed by atoms with Crippen LogP contribution < -0.4 is 5.32 Å². The molecule has 0 amide bonds. The van der Waals surface area contributed by atoms with Gasteiger partial charge in [0.05, 0.1) is 6.10 Å². The molecule has 3 unspecified atom stereocenters. The fourth-order valence-electron chi connectivity index (χ4n) is 4.03. The molecule has 1 heterocycles. The molecular formula is C16H32N2O. The van der Waals surface area contributed by atoms with Crippen LogP contribution in [0.4, 0.5) is 0 Å². The lowest BCUT2D eigenvalue weighted by Crippen LogP contribution is -2.52. The van der Waals surface area contributed by atoms with Crippen molar-refractivity contribution in [1.82, 2.24) is 10.2 Å². The monoisotopic (exact) mass is 268 g/mol. The minimum absolute atomic E-state index is 0.0846. The van der Waals surface area contributed by atoms with Crippen LogP contribution in [0.1, 0.15) is 52.9 Å². The summed E-state index contributed by atoms with van der Waals surface area (Å²) in [6.45, 7) is 11.4. The van der Waals surface area contributed by atoms with Gasteiger partial charge in [0.2, 0.25) is 0 Å². The normalized spacial score (nSPS) is 35.7. The van der Waals surface area contributed by atoms with Crippen LogP contribution in [0.2, 0.25) is 0 Å². The van der Waals surface area contributed by atoms with Crippen LogP contribution in [0.15, 0.2) is 0 Å². The van der Waals surface area contributed by atoms with Crippen LogP contribution in [0.3, 0.4) is 0 Å². The van der Waals surface area contributed by atoms with E-state index in [1.807, 2.05) is 0 Å². The molecule has 3 heteroatoms. The molecule has 112 valence electrons. The summed E-state index contributed by atoms with van der Waals surface area (Å²) in [6, 6.07) is 0.638. The molecule has 0 bridgehead atoms. The summed E-state index contributed by atoms with van der Waals surface area (Å²) in [6.07, 6.45) is 6.13. The van der Waals surface area contributed by atoms with E-state index in [1.165, 1.54) is 32.2 Å². The van der Waals surface area contributed by atoms with Gasteiger partial charge in [-0.05, 0) is 43.6 Å². The zero-order chi connectivity index (χ0) is 13.9. The van der Waals surface area contributed by atoms with Crippen molar-refractivity contribution in [2.75, 3.05) is 26.2 Å². The molecule has 2 rings (SSSR count). The maximum atomic E-state index is 9.68. The molecule has 1 saturated carbocycles. The number of aliphatic hydroxyl groups excluding tert-OH is 1. The average Bonchev–Trinajstić information content (AvgIpc) is 2.73. The van der Waals surface area contributed by atoms with E-state index in [9.17, 15) is 5.11 Å². The molecule has 2 N–H and O–H groups in total. The highest BCUT2D eigenvalue weighted by atomic mass is 16.3. The summed E-state index contributed by atoms with van der Waals surface area (Å²) in [7, 11) is 0. The topological polar surface area (TPSA) is 35.5 Å². The third-order valence-electron chi connectivity index (χ3n) is 5.06. The fraction of sp³-hybridized carbons (Fsp3) is 1.00. The van der Waals surface area contributed by atoms with Crippen molar-refractivity contribution in [3.8, 4) is 0 Å². The average molecular weight is 268 g/mol. The van der Waals surface area contributed by atoms with E-state index in [0.717, 1.165) is 32.0 Å². The second-order valence-electron chi connectivity index (χ2n) is 7.27. The first kappa shape index (κ1) is 15.3. The maximum Gasteiger partial charge on any atom is 0.0679 e. The molecule has 19 heavy (non-hydrogen) atoms. The van der Waals surface area contributed by atoms with Gasteiger partial charge in [-0.1, -0.05) is 27.2 Å². The van der Waals surface area contributed by atoms with E-state index >= 15 is 0 Å². The molecule has 1 saturated heterocycles. The number of nitrogens with zero attached hydrogens (tertiary/aromatic N) is 1. The van der Waals surface area contributed by atoms with E-state index in [1.54, 1.807) is 0 Å². The summed E-state index contributed by atoms with van der Waals surface area (Å²) in [5, 5.41) is 13.5. The highest BCUT2D eigenvalue weighted by molar-refractivity contribution is 4.95. The molecular weight excluding hydrogens is 236 g/mol. The van der Waals surface area contributed by atoms with Crippen molar-refractivity contribution >= 4 is 0 Å². The Bertz CT molecular complexity index is 280. The Balaban J connectivity index is 1.95. The molecule has 3 nitrogen and oxygen atoms in total. The Hall–Kier alpha value is -0.120. The number of aliphatic hydroxyl groups is 1. The smallest absolute Gasteiger partial charge is 0.0679 e. The van der Waals surface area contributed by atoms with Gasteiger partial charge in [0, 0.05) is 25.7 Å². The maximum absolute atomic E-state index is 9.68. The minimum atomic E-state index is -0.0846. The second-order valence-corrected chi connectivity index (χ2v) is 7.27. The number of likely N-dealkylation sites (tertiary alicyclic amines) is 1. The standard InChI is InChI=1S/C16H32N2O/c1-4-9-17-15-13(6-5-8-16(15,2)3)11-18-10-7-14(19)12-18/h13-15,17,19H,4-12H2,1-3H3. The molecule has 1 aliphatic heterocycles. The van der Waals surface area contributed by atoms with Crippen LogP contribution in [0, 0.1) is 11.3 Å². The van der Waals surface area contributed by atoms with Gasteiger partial charge < -0.3 is 15.3 Å². The molecule has 3 atom stereocenters. The van der Waals surface area contributed by atoms with E-state index in [0.29, 0.717) is 11.5 Å². The SMILES string of the molecule is CCCNC1C(CN2CCC(O)C2)CCCC1(C)C. The Kier molecular flexibility index (Phi) is 5.27. The molecule has 0 aromatic heterocycles. The van der Waals surface area contributed by atoms with Crippen LogP contribution >= 0.6 is 0 Å². The number of nitrogens with one attached hydrogen (secondary N) is 1. The van der Waals surface area contributed by atoms with Gasteiger partial charge in [-0.15, -0.1) is 0 Å². The number of rotatable bonds is 5. The number of hydrogen-bond donors (Lipinski definition) is 2. The molecule has 2 fully saturated rings. The summed E-state index contributed by atoms with van der Waals surface area (Å²) >= 11 is 0. The number of β-amino-alcohol motifs (C(OH)–C–C–N with tert-alkyl or cyclic N) is 1. The molecule has 0 spiro atoms. The largest absolute Gasteiger partial charge is 0.392 e. The highest BCUT2D eigenvalue weighted by Gasteiger charge is 2.39. The zero-order valence-corrected chi connectivity index (χ0v) is 13.0. The lowest BCUT2D eigenvalue weighted by molar-refractivity contribution is 0.0804. The third-order valence-corrected chi connectivity index (χ3v) is 5.06. The van der Waals surface area contributed by atoms with Gasteiger partial charge >= 0.3 is 0 Å². The van der Waals surface area contributed by atoms with Crippen LogP contribution in [-0.4, -0.2) is 48.3 Å². The Morgan fingerprint density at radius 2 is 2.11 bits per heavy atom. The van der Waals surface area contributed by atoms with Gasteiger partial charge in [-0.25, -0.2) is 0 Å². The van der Waals surface area contributed by atoms with Gasteiger partial charge in [-0.3, -0.25) is 0 Å². The van der Waals surface area contributed by atoms with Gasteiger partial charge in [0.25, 0.3) is 0 Å². The van der Waals surface area contributed by atoms with Crippen molar-refractivity contribution in [1.29, 1.82) is 0 Å². The van der Waals surface area contributed by atoms with Crippen LogP contribution in [0.5, 0.6) is 0 Å². The first-order valence-corrected chi connectivity index (χ1v) is 8.16. The van der Waals surface area contributed by atoms with Crippen LogP contribution in [-0.2, 0) is 0 Å². The van der Waals surface area contributed by atoms with E-state index < -0.39 is 0 Å². The van der Waals surface area contributed by atoms with Crippen molar-refractivity contribution in [3.05, 3.63) is 0 Å². The van der Waals surface area contributed by atoms with Crippen molar-refractivity contribution in [2.24, 2.45) is 11.3 Å². The lowest BCUT2D eigenvalue weighted by Gasteiger charge is -2.46. The minimum Gasteiger partial charge on any atom is -0.392 e. The zero-order valence-electron chi connectivity index (χ0n) is 13.0. The summed E-state index contributed by atoms with van der Waals surface area (Å²) < 4.78 is 0. The summed E-state index contributed by atoms with van der Waals surface area (Å²) in [4.78, 5) is 2.47. The summed E-state index contributed by atoms with van der Waals surface area (Å²) in [5.74, 6) is 0.751. The van der Waals surface area contributed by atoms with Crippen molar-refractivity contribution in [3.63, 3.8) is 0 Å². The fourth-order valence-corrected chi connectivity index (χ4v) is 4.03. The predicted molar refractivity (Wildman–Crippen MR) is 80.3 cm³/mol. The van der Waals surface area contributed by atoms with Crippen molar-refractivity contribution < 1.29 is 5.11 Å². The van der Waals surface area contributed by atoms with Gasteiger partial charge in [-0.2, -0.15) is 0 Å². The Morgan fingerprint density at radius 3 is 2.74 bits per heavy atom. The Morgan fingerprint density at radius 1 is 1.32 bits per heavy atom. The molecule has 0 aromatic rings. The second kappa shape index (κ2) is 6.55. The van der Waals surface area contributed by atoms with E-state index in [2.05, 4.69) is 31.0 Å². The van der Waals surface area contributed by atoms with E-state index in [4.69, 9.17) is 0 Å². The first-order chi connectivity index (χ1) is 9.03. The quantitative estimate of drug-likeness (QED) is 0.803. The first-order valence-electron chi connectivity index (χ1n) is 8.16. The van der Waals surface area contributed by atoms with Gasteiger partial charge in [0.15, 0.2) is 0 Å². The molecule has 0 aromatic carbocycles. The van der Waals surface area contributed by atoms with Crippen molar-refractivity contribution in [2.45, 2.75) is 65.0 Å². The predicted octanol–water partition coefficient (Wildman–Crippen LogP) is 2.25. The molecule has 0 radical (unpaired) electrons. The third kappa shape index (κ3) is 3.93. The van der Waals surface area contributed by atoms with Crippen LogP contribution in [0.25, 0.3) is 0 Å². The highest BCUT2D eigenvalue weighted by Crippen LogP contribution is 2.39. The lowest BCUT2D eigenvalue weighted by atomic mass is 9.67. The molecule has 1 aliphatic carbocycles. The Labute approximate surface area is 118 Å². The van der Waals surface area contributed by atoms with Gasteiger partial charge in [0.1, 0.15) is 0 Å².